The molecule has 0 N–H and O–H groups in total. The predicted molar refractivity (Wildman–Crippen MR) is 82.6 cm³/mol. The topological polar surface area (TPSA) is 20.3 Å². The van der Waals surface area contributed by atoms with E-state index < -0.39 is 0 Å². The van der Waals surface area contributed by atoms with E-state index in [9.17, 15) is 4.79 Å². The quantitative estimate of drug-likeness (QED) is 0.757. The maximum atomic E-state index is 12.4. The molecule has 2 aromatic rings. The molecule has 1 unspecified atom stereocenters. The lowest BCUT2D eigenvalue weighted by molar-refractivity contribution is -0.114. The average Bonchev–Trinajstić information content (AvgIpc) is 2.82. The summed E-state index contributed by atoms with van der Waals surface area (Å²) in [5, 5.41) is 0. The van der Waals surface area contributed by atoms with E-state index in [1.807, 2.05) is 59.5 Å². The Morgan fingerprint density at radius 1 is 1.10 bits per heavy atom. The van der Waals surface area contributed by atoms with Crippen LogP contribution in [0.4, 0.5) is 5.69 Å². The summed E-state index contributed by atoms with van der Waals surface area (Å²) < 4.78 is 0. The molecule has 2 aromatic carbocycles. The van der Waals surface area contributed by atoms with E-state index >= 15 is 0 Å². The van der Waals surface area contributed by atoms with Crippen LogP contribution in [0.3, 0.4) is 0 Å². The van der Waals surface area contributed by atoms with E-state index in [1.54, 1.807) is 6.08 Å². The van der Waals surface area contributed by atoms with Gasteiger partial charge in [0.15, 0.2) is 0 Å². The van der Waals surface area contributed by atoms with Gasteiger partial charge in [-0.2, -0.15) is 0 Å². The SMILES string of the molecule is CC1Cc2ccccc2N1C(=O)/C=C/c1ccccc1. The van der Waals surface area contributed by atoms with E-state index in [-0.39, 0.29) is 11.9 Å². The van der Waals surface area contributed by atoms with E-state index in [0.717, 1.165) is 17.7 Å². The number of nitrogens with zero attached hydrogens (tertiary/aromatic N) is 1. The molecular weight excluding hydrogens is 246 g/mol. The first kappa shape index (κ1) is 12.7. The van der Waals surface area contributed by atoms with Gasteiger partial charge in [-0.15, -0.1) is 0 Å². The largest absolute Gasteiger partial charge is 0.305 e. The van der Waals surface area contributed by atoms with Crippen LogP contribution in [0.15, 0.2) is 60.7 Å². The van der Waals surface area contributed by atoms with Gasteiger partial charge in [0.2, 0.25) is 0 Å². The molecule has 1 aliphatic heterocycles. The van der Waals surface area contributed by atoms with Gasteiger partial charge in [-0.1, -0.05) is 48.5 Å². The molecule has 20 heavy (non-hydrogen) atoms. The van der Waals surface area contributed by atoms with Crippen LogP contribution in [0.25, 0.3) is 6.08 Å². The zero-order chi connectivity index (χ0) is 13.9. The Morgan fingerprint density at radius 2 is 1.80 bits per heavy atom. The standard InChI is InChI=1S/C18H17NO/c1-14-13-16-9-5-6-10-17(16)19(14)18(20)12-11-15-7-3-2-4-8-15/h2-12,14H,13H2,1H3/b12-11+. The number of hydrogen-bond acceptors (Lipinski definition) is 1. The minimum atomic E-state index is 0.0475. The third-order valence-corrected chi connectivity index (χ3v) is 3.66. The second kappa shape index (κ2) is 5.33. The summed E-state index contributed by atoms with van der Waals surface area (Å²) in [7, 11) is 0. The average molecular weight is 263 g/mol. The number of anilines is 1. The molecule has 0 aliphatic carbocycles. The van der Waals surface area contributed by atoms with Gasteiger partial charge < -0.3 is 4.90 Å². The maximum absolute atomic E-state index is 12.4. The van der Waals surface area contributed by atoms with Crippen LogP contribution < -0.4 is 4.90 Å². The molecule has 2 nitrogen and oxygen atoms in total. The Hall–Kier alpha value is -2.35. The van der Waals surface area contributed by atoms with Gasteiger partial charge >= 0.3 is 0 Å². The van der Waals surface area contributed by atoms with Gasteiger partial charge in [0.05, 0.1) is 0 Å². The Balaban J connectivity index is 1.83. The van der Waals surface area contributed by atoms with Crippen molar-refractivity contribution in [2.75, 3.05) is 4.90 Å². The second-order valence-electron chi connectivity index (χ2n) is 5.13. The summed E-state index contributed by atoms with van der Waals surface area (Å²) in [5.41, 5.74) is 3.34. The van der Waals surface area contributed by atoms with Gasteiger partial charge in [0.25, 0.3) is 5.91 Å². The smallest absolute Gasteiger partial charge is 0.251 e. The molecule has 1 atom stereocenters. The third kappa shape index (κ3) is 2.37. The molecule has 0 fully saturated rings. The molecule has 0 spiro atoms. The van der Waals surface area contributed by atoms with Crippen LogP contribution in [0.1, 0.15) is 18.1 Å². The Kier molecular flexibility index (Phi) is 3.38. The van der Waals surface area contributed by atoms with Gasteiger partial charge in [-0.3, -0.25) is 4.79 Å². The highest BCUT2D eigenvalue weighted by Gasteiger charge is 2.28. The molecule has 2 heteroatoms. The monoisotopic (exact) mass is 263 g/mol. The highest BCUT2D eigenvalue weighted by Crippen LogP contribution is 2.31. The Bertz CT molecular complexity index is 645. The number of amides is 1. The van der Waals surface area contributed by atoms with Crippen LogP contribution in [-0.4, -0.2) is 11.9 Å². The minimum absolute atomic E-state index is 0.0475. The number of carbonyl (C=O) groups is 1. The summed E-state index contributed by atoms with van der Waals surface area (Å²) in [4.78, 5) is 14.3. The molecule has 0 saturated carbocycles. The van der Waals surface area contributed by atoms with Crippen LogP contribution >= 0.6 is 0 Å². The van der Waals surface area contributed by atoms with Gasteiger partial charge in [-0.25, -0.2) is 0 Å². The van der Waals surface area contributed by atoms with Crippen LogP contribution in [0, 0.1) is 0 Å². The van der Waals surface area contributed by atoms with Crippen molar-refractivity contribution in [2.45, 2.75) is 19.4 Å². The van der Waals surface area contributed by atoms with Crippen molar-refractivity contribution < 1.29 is 4.79 Å². The molecular formula is C18H17NO. The highest BCUT2D eigenvalue weighted by atomic mass is 16.2. The fourth-order valence-electron chi connectivity index (χ4n) is 2.71. The Morgan fingerprint density at radius 3 is 2.60 bits per heavy atom. The Labute approximate surface area is 119 Å². The molecule has 0 bridgehead atoms. The lowest BCUT2D eigenvalue weighted by atomic mass is 10.1. The molecule has 100 valence electrons. The fraction of sp³-hybridized carbons (Fsp3) is 0.167. The minimum Gasteiger partial charge on any atom is -0.305 e. The first-order valence-electron chi connectivity index (χ1n) is 6.90. The predicted octanol–water partition coefficient (Wildman–Crippen LogP) is 3.68. The van der Waals surface area contributed by atoms with Crippen LogP contribution in [0.5, 0.6) is 0 Å². The summed E-state index contributed by atoms with van der Waals surface area (Å²) in [6.07, 6.45) is 4.46. The molecule has 3 rings (SSSR count). The molecule has 0 radical (unpaired) electrons. The van der Waals surface area contributed by atoms with E-state index in [0.29, 0.717) is 0 Å². The second-order valence-corrected chi connectivity index (χ2v) is 5.13. The van der Waals surface area contributed by atoms with Gasteiger partial charge in [0, 0.05) is 17.8 Å². The fourth-order valence-corrected chi connectivity index (χ4v) is 2.71. The van der Waals surface area contributed by atoms with E-state index in [4.69, 9.17) is 0 Å². The van der Waals surface area contributed by atoms with Gasteiger partial charge in [-0.05, 0) is 36.6 Å². The number of para-hydroxylation sites is 1. The molecule has 1 heterocycles. The van der Waals surface area contributed by atoms with Crippen molar-refractivity contribution in [1.29, 1.82) is 0 Å². The van der Waals surface area contributed by atoms with Crippen molar-refractivity contribution >= 4 is 17.7 Å². The highest BCUT2D eigenvalue weighted by molar-refractivity contribution is 6.05. The summed E-state index contributed by atoms with van der Waals surface area (Å²) in [6.45, 7) is 2.09. The van der Waals surface area contributed by atoms with Crippen molar-refractivity contribution in [3.63, 3.8) is 0 Å². The number of carbonyl (C=O) groups excluding carboxylic acids is 1. The lowest BCUT2D eigenvalue weighted by Crippen LogP contribution is -2.34. The number of rotatable bonds is 2. The van der Waals surface area contributed by atoms with Crippen LogP contribution in [0.2, 0.25) is 0 Å². The van der Waals surface area contributed by atoms with Crippen molar-refractivity contribution in [2.24, 2.45) is 0 Å². The van der Waals surface area contributed by atoms with E-state index in [1.165, 1.54) is 5.56 Å². The molecule has 1 aliphatic rings. The van der Waals surface area contributed by atoms with Crippen molar-refractivity contribution in [3.05, 3.63) is 71.8 Å². The van der Waals surface area contributed by atoms with E-state index in [2.05, 4.69) is 13.0 Å². The van der Waals surface area contributed by atoms with Crippen LogP contribution in [-0.2, 0) is 11.2 Å². The molecule has 1 amide bonds. The third-order valence-electron chi connectivity index (χ3n) is 3.66. The maximum Gasteiger partial charge on any atom is 0.251 e. The first-order chi connectivity index (χ1) is 9.75. The summed E-state index contributed by atoms with van der Waals surface area (Å²) in [6, 6.07) is 18.2. The normalized spacial score (nSPS) is 17.4. The lowest BCUT2D eigenvalue weighted by Gasteiger charge is -2.20. The summed E-state index contributed by atoms with van der Waals surface area (Å²) in [5.74, 6) is 0.0475. The van der Waals surface area contributed by atoms with Gasteiger partial charge in [0.1, 0.15) is 0 Å². The zero-order valence-electron chi connectivity index (χ0n) is 11.5. The molecule has 0 aromatic heterocycles. The summed E-state index contributed by atoms with van der Waals surface area (Å²) >= 11 is 0. The van der Waals surface area contributed by atoms with Crippen molar-refractivity contribution in [3.8, 4) is 0 Å². The van der Waals surface area contributed by atoms with Crippen molar-refractivity contribution in [1.82, 2.24) is 0 Å². The molecule has 0 saturated heterocycles. The first-order valence-corrected chi connectivity index (χ1v) is 6.90. The number of fused-ring (bicyclic) bond motifs is 1. The number of benzene rings is 2. The zero-order valence-corrected chi connectivity index (χ0v) is 11.5. The number of hydrogen-bond donors (Lipinski definition) is 0.